The number of nitrogens with zero attached hydrogens (tertiary/aromatic N) is 5. The molecule has 33 heavy (non-hydrogen) atoms. The minimum absolute atomic E-state index is 0.00416. The van der Waals surface area contributed by atoms with E-state index in [0.29, 0.717) is 11.2 Å². The van der Waals surface area contributed by atoms with E-state index >= 15 is 0 Å². The summed E-state index contributed by atoms with van der Waals surface area (Å²) in [6.07, 6.45) is -0.808. The third-order valence-electron chi connectivity index (χ3n) is 5.56. The van der Waals surface area contributed by atoms with E-state index in [1.807, 2.05) is 0 Å². The van der Waals surface area contributed by atoms with Crippen LogP contribution in [0.5, 0.6) is 5.88 Å². The summed E-state index contributed by atoms with van der Waals surface area (Å²) in [5, 5.41) is 12.8. The molecule has 4 heterocycles. The van der Waals surface area contributed by atoms with Crippen LogP contribution in [0, 0.1) is 5.92 Å². The number of carbonyl (C=O) groups is 2. The van der Waals surface area contributed by atoms with E-state index in [0.717, 1.165) is 11.4 Å². The predicted octanol–water partition coefficient (Wildman–Crippen LogP) is 0.269. The lowest BCUT2D eigenvalue weighted by molar-refractivity contribution is -0.120. The number of hydrogen-bond acceptors (Lipinski definition) is 12. The number of hydrogen-bond donors (Lipinski definition) is 3. The number of imidazole rings is 1. The Morgan fingerprint density at radius 2 is 2.15 bits per heavy atom. The minimum Gasteiger partial charge on any atom is -0.479 e. The first-order chi connectivity index (χ1) is 15.7. The summed E-state index contributed by atoms with van der Waals surface area (Å²) in [7, 11) is 0.716. The van der Waals surface area contributed by atoms with E-state index in [9.17, 15) is 19.3 Å². The second kappa shape index (κ2) is 9.35. The van der Waals surface area contributed by atoms with Crippen molar-refractivity contribution in [2.24, 2.45) is 5.92 Å². The van der Waals surface area contributed by atoms with E-state index in [-0.39, 0.29) is 30.1 Å². The minimum atomic E-state index is -2.21. The van der Waals surface area contributed by atoms with Gasteiger partial charge in [-0.2, -0.15) is 9.97 Å². The number of ether oxygens (including phenoxy) is 2. The predicted molar refractivity (Wildman–Crippen MR) is 116 cm³/mol. The number of fused-ring (bicyclic) bond motifs is 1. The summed E-state index contributed by atoms with van der Waals surface area (Å²) in [4.78, 5) is 36.9. The summed E-state index contributed by atoms with van der Waals surface area (Å²) in [5.41, 5.74) is 6.55. The van der Waals surface area contributed by atoms with Gasteiger partial charge in [0.15, 0.2) is 22.5 Å². The zero-order valence-electron chi connectivity index (χ0n) is 17.9. The average molecular weight is 500 g/mol. The first-order valence-electron chi connectivity index (χ1n) is 9.89. The number of aliphatic hydroxyl groups excluding tert-OH is 1. The Morgan fingerprint density at radius 1 is 1.39 bits per heavy atom. The zero-order valence-corrected chi connectivity index (χ0v) is 19.7. The molecular formula is C17H23N7O7PS+. The fraction of sp³-hybridized carbons (Fsp3) is 0.588. The fourth-order valence-electron chi connectivity index (χ4n) is 3.67. The molecule has 2 aliphatic rings. The topological polar surface area (TPSA) is 184 Å². The van der Waals surface area contributed by atoms with Gasteiger partial charge in [0.1, 0.15) is 25.0 Å². The molecule has 14 nitrogen and oxygen atoms in total. The maximum absolute atomic E-state index is 12.3. The second-order valence-electron chi connectivity index (χ2n) is 7.57. The number of carbonyl (C=O) groups excluding carboxylic acids is 2. The molecule has 0 radical (unpaired) electrons. The monoisotopic (exact) mass is 500 g/mol. The molecule has 2 aliphatic heterocycles. The second-order valence-corrected chi connectivity index (χ2v) is 10.5. The molecule has 4 rings (SSSR count). The van der Waals surface area contributed by atoms with Crippen LogP contribution in [0.1, 0.15) is 13.2 Å². The molecule has 0 bridgehead atoms. The Morgan fingerprint density at radius 3 is 2.82 bits per heavy atom. The lowest BCUT2D eigenvalue weighted by atomic mass is 10.0. The van der Waals surface area contributed by atoms with Crippen molar-refractivity contribution in [2.75, 3.05) is 32.3 Å². The highest BCUT2D eigenvalue weighted by Gasteiger charge is 2.45. The molecule has 2 aromatic heterocycles. The van der Waals surface area contributed by atoms with Crippen LogP contribution in [0.4, 0.5) is 10.7 Å². The number of urea groups is 1. The molecule has 5 unspecified atom stereocenters. The number of aromatic nitrogens is 4. The molecule has 3 amide bonds. The van der Waals surface area contributed by atoms with Gasteiger partial charge >= 0.3 is 13.3 Å². The molecule has 16 heteroatoms. The number of amides is 3. The third-order valence-corrected chi connectivity index (χ3v) is 7.99. The molecule has 0 aliphatic carbocycles. The van der Waals surface area contributed by atoms with Crippen LogP contribution >= 0.6 is 18.6 Å². The van der Waals surface area contributed by atoms with Crippen LogP contribution in [-0.4, -0.2) is 86.2 Å². The Bertz CT molecular complexity index is 1100. The number of methoxy groups -OCH3 is 1. The summed E-state index contributed by atoms with van der Waals surface area (Å²) < 4.78 is 30.5. The van der Waals surface area contributed by atoms with Gasteiger partial charge in [-0.3, -0.25) is 14.7 Å². The molecule has 178 valence electrons. The first-order valence-corrected chi connectivity index (χ1v) is 12.7. The van der Waals surface area contributed by atoms with Crippen molar-refractivity contribution in [3.63, 3.8) is 0 Å². The van der Waals surface area contributed by atoms with Gasteiger partial charge in [-0.1, -0.05) is 6.92 Å². The van der Waals surface area contributed by atoms with Crippen LogP contribution in [0.3, 0.4) is 0 Å². The molecule has 0 aromatic carbocycles. The summed E-state index contributed by atoms with van der Waals surface area (Å²) in [5.74, 6) is -0.478. The zero-order chi connectivity index (χ0) is 23.9. The molecule has 0 saturated carbocycles. The number of nitrogen functional groups attached to an aromatic ring is 1. The van der Waals surface area contributed by atoms with Gasteiger partial charge in [0.25, 0.3) is 5.91 Å². The van der Waals surface area contributed by atoms with E-state index in [1.165, 1.54) is 25.4 Å². The number of nitrogens with two attached hydrogens (primary N) is 1. The van der Waals surface area contributed by atoms with Crippen molar-refractivity contribution in [2.45, 2.75) is 31.4 Å². The Balaban J connectivity index is 1.38. The summed E-state index contributed by atoms with van der Waals surface area (Å²) >= 11 is 0.910. The lowest BCUT2D eigenvalue weighted by Crippen LogP contribution is -2.33. The van der Waals surface area contributed by atoms with E-state index < -0.39 is 43.6 Å². The first kappa shape index (κ1) is 23.6. The largest absolute Gasteiger partial charge is 0.585 e. The highest BCUT2D eigenvalue weighted by Crippen LogP contribution is 2.42. The van der Waals surface area contributed by atoms with Crippen LogP contribution in [0.25, 0.3) is 11.2 Å². The number of anilines is 1. The van der Waals surface area contributed by atoms with Crippen molar-refractivity contribution in [1.82, 2.24) is 29.7 Å². The van der Waals surface area contributed by atoms with Crippen LogP contribution < -0.4 is 15.8 Å². The van der Waals surface area contributed by atoms with E-state index in [4.69, 9.17) is 19.7 Å². The van der Waals surface area contributed by atoms with Gasteiger partial charge in [0.2, 0.25) is 11.8 Å². The molecule has 2 aromatic rings. The Hall–Kier alpha value is -2.58. The van der Waals surface area contributed by atoms with Gasteiger partial charge in [0, 0.05) is 13.0 Å². The molecule has 0 spiro atoms. The van der Waals surface area contributed by atoms with Crippen molar-refractivity contribution < 1.29 is 33.3 Å². The Kier molecular flexibility index (Phi) is 6.68. The highest BCUT2D eigenvalue weighted by atomic mass is 32.7. The van der Waals surface area contributed by atoms with Crippen LogP contribution in [0.2, 0.25) is 0 Å². The van der Waals surface area contributed by atoms with Gasteiger partial charge in [-0.15, -0.1) is 4.52 Å². The van der Waals surface area contributed by atoms with Crippen molar-refractivity contribution in [3.05, 3.63) is 6.33 Å². The maximum Gasteiger partial charge on any atom is 0.585 e. The molecule has 2 fully saturated rings. The molecule has 6 atom stereocenters. The number of rotatable bonds is 8. The third kappa shape index (κ3) is 4.46. The van der Waals surface area contributed by atoms with Gasteiger partial charge in [0.05, 0.1) is 25.3 Å². The number of likely N-dealkylation sites (N-methyl/N-ethyl adjacent to an activating group) is 1. The van der Waals surface area contributed by atoms with Crippen molar-refractivity contribution >= 4 is 47.7 Å². The normalized spacial score (nSPS) is 27.9. The van der Waals surface area contributed by atoms with Crippen LogP contribution in [-0.2, 0) is 18.6 Å². The van der Waals surface area contributed by atoms with Gasteiger partial charge in [-0.25, -0.2) is 9.78 Å². The molecule has 2 saturated heterocycles. The fourth-order valence-corrected chi connectivity index (χ4v) is 5.84. The quantitative estimate of drug-likeness (QED) is 0.332. The van der Waals surface area contributed by atoms with Crippen molar-refractivity contribution in [3.8, 4) is 5.88 Å². The SMILES string of the molecule is COc1nc(N)nc2c1ncn2C1OC(CO[P+](=O)SCC2C(=O)NC(=O)N2C)[C@@H](O)C1C. The molecular weight excluding hydrogens is 477 g/mol. The number of nitrogens with one attached hydrogen (secondary N) is 1. The number of imide groups is 1. The van der Waals surface area contributed by atoms with Crippen LogP contribution in [0.15, 0.2) is 6.33 Å². The van der Waals surface area contributed by atoms with Gasteiger partial charge < -0.3 is 25.2 Å². The molecule has 4 N–H and O–H groups in total. The Labute approximate surface area is 192 Å². The summed E-state index contributed by atoms with van der Waals surface area (Å²) in [6, 6.07) is -1.22. The average Bonchev–Trinajstić information content (AvgIpc) is 3.39. The lowest BCUT2D eigenvalue weighted by Gasteiger charge is -2.17. The van der Waals surface area contributed by atoms with Crippen molar-refractivity contribution in [1.29, 1.82) is 0 Å². The smallest absolute Gasteiger partial charge is 0.479 e. The number of aliphatic hydroxyl groups is 1. The van der Waals surface area contributed by atoms with E-state index in [1.54, 1.807) is 11.5 Å². The maximum atomic E-state index is 12.3. The highest BCUT2D eigenvalue weighted by molar-refractivity contribution is 8.50. The summed E-state index contributed by atoms with van der Waals surface area (Å²) in [6.45, 7) is 1.66. The van der Waals surface area contributed by atoms with Gasteiger partial charge in [-0.05, 0) is 4.57 Å². The standard InChI is InChI=1S/C17H22N7O7PS/c1-7-11(25)9(4-30-32(28)33-5-8-13(26)21-17(27)23(8)2)31-15(7)24-6-19-10-12(24)20-16(18)22-14(10)29-3/h6-9,11,15,25H,4-5H2,1-3H3,(H2-,18,20,21,22,26,27)/p+1/t7?,8?,9?,11-,15?/m0/s1. The van der Waals surface area contributed by atoms with E-state index in [2.05, 4.69) is 20.3 Å².